The van der Waals surface area contributed by atoms with E-state index >= 15 is 0 Å². The van der Waals surface area contributed by atoms with Crippen molar-refractivity contribution in [1.29, 1.82) is 0 Å². The molecular formula is C22H28N2O5S. The predicted octanol–water partition coefficient (Wildman–Crippen LogP) is 2.75. The Bertz CT molecular complexity index is 991. The van der Waals surface area contributed by atoms with Crippen LogP contribution in [0.15, 0.2) is 48.5 Å². The van der Waals surface area contributed by atoms with Crippen LogP contribution in [0.5, 0.6) is 11.5 Å². The van der Waals surface area contributed by atoms with Gasteiger partial charge in [0, 0.05) is 6.54 Å². The zero-order chi connectivity index (χ0) is 21.7. The summed E-state index contributed by atoms with van der Waals surface area (Å²) < 4.78 is 37.0. The van der Waals surface area contributed by atoms with Gasteiger partial charge in [-0.1, -0.05) is 24.3 Å². The molecule has 1 atom stereocenters. The molecule has 7 nitrogen and oxygen atoms in total. The summed E-state index contributed by atoms with van der Waals surface area (Å²) in [4.78, 5) is 12.6. The molecule has 0 fully saturated rings. The predicted molar refractivity (Wildman–Crippen MR) is 117 cm³/mol. The first-order valence-electron chi connectivity index (χ1n) is 10.0. The Balaban J connectivity index is 1.54. The van der Waals surface area contributed by atoms with Crippen molar-refractivity contribution in [3.63, 3.8) is 0 Å². The summed E-state index contributed by atoms with van der Waals surface area (Å²) in [6.07, 6.45) is 1.89. The van der Waals surface area contributed by atoms with Gasteiger partial charge in [0.15, 0.2) is 6.10 Å². The third kappa shape index (κ3) is 5.66. The Hall–Kier alpha value is -2.74. The molecule has 0 saturated heterocycles. The molecule has 162 valence electrons. The largest absolute Gasteiger partial charge is 0.491 e. The number of hydrogen-bond donors (Lipinski definition) is 1. The number of para-hydroxylation sites is 2. The third-order valence-corrected chi connectivity index (χ3v) is 5.79. The van der Waals surface area contributed by atoms with E-state index in [0.717, 1.165) is 30.4 Å². The molecule has 0 spiro atoms. The van der Waals surface area contributed by atoms with Crippen LogP contribution in [0.3, 0.4) is 0 Å². The summed E-state index contributed by atoms with van der Waals surface area (Å²) in [6.45, 7) is 4.39. The van der Waals surface area contributed by atoms with Crippen molar-refractivity contribution in [2.45, 2.75) is 38.9 Å². The summed E-state index contributed by atoms with van der Waals surface area (Å²) in [5.74, 6) is 0.896. The van der Waals surface area contributed by atoms with Gasteiger partial charge in [-0.05, 0) is 56.5 Å². The molecular weight excluding hydrogens is 404 g/mol. The molecule has 1 heterocycles. The highest BCUT2D eigenvalue weighted by Crippen LogP contribution is 2.34. The molecule has 0 saturated carbocycles. The zero-order valence-corrected chi connectivity index (χ0v) is 18.3. The lowest BCUT2D eigenvalue weighted by Crippen LogP contribution is -2.50. The van der Waals surface area contributed by atoms with Crippen molar-refractivity contribution in [1.82, 2.24) is 5.32 Å². The van der Waals surface area contributed by atoms with Crippen LogP contribution in [0.25, 0.3) is 0 Å². The van der Waals surface area contributed by atoms with E-state index in [-0.39, 0.29) is 18.6 Å². The van der Waals surface area contributed by atoms with Gasteiger partial charge in [-0.3, -0.25) is 9.10 Å². The minimum atomic E-state index is -3.52. The minimum Gasteiger partial charge on any atom is -0.491 e. The third-order valence-electron chi connectivity index (χ3n) is 4.64. The SMILES string of the molecule is CC(C)Oc1cccc(CCCNC(=O)[C@@H]2CN(S(C)(=O)=O)c3ccccc3O2)c1. The number of sulfonamides is 1. The molecule has 3 rings (SSSR count). The van der Waals surface area contributed by atoms with E-state index in [1.807, 2.05) is 38.1 Å². The fraction of sp³-hybridized carbons (Fsp3) is 0.409. The first kappa shape index (κ1) is 22.0. The molecule has 1 aliphatic heterocycles. The fourth-order valence-corrected chi connectivity index (χ4v) is 4.23. The topological polar surface area (TPSA) is 84.9 Å². The normalized spacial score (nSPS) is 16.0. The van der Waals surface area contributed by atoms with Crippen LogP contribution in [0.2, 0.25) is 0 Å². The van der Waals surface area contributed by atoms with Crippen LogP contribution in [-0.4, -0.2) is 45.9 Å². The highest BCUT2D eigenvalue weighted by atomic mass is 32.2. The summed E-state index contributed by atoms with van der Waals surface area (Å²) in [7, 11) is -3.52. The van der Waals surface area contributed by atoms with E-state index in [1.165, 1.54) is 4.31 Å². The lowest BCUT2D eigenvalue weighted by molar-refractivity contribution is -0.127. The first-order chi connectivity index (χ1) is 14.2. The van der Waals surface area contributed by atoms with Gasteiger partial charge in [0.05, 0.1) is 24.6 Å². The van der Waals surface area contributed by atoms with E-state index in [0.29, 0.717) is 18.0 Å². The van der Waals surface area contributed by atoms with Crippen molar-refractivity contribution in [2.24, 2.45) is 0 Å². The number of carbonyl (C=O) groups excluding carboxylic acids is 1. The summed E-state index contributed by atoms with van der Waals surface area (Å²) in [5, 5.41) is 2.86. The van der Waals surface area contributed by atoms with Crippen LogP contribution < -0.4 is 19.1 Å². The lowest BCUT2D eigenvalue weighted by atomic mass is 10.1. The summed E-state index contributed by atoms with van der Waals surface area (Å²) >= 11 is 0. The maximum atomic E-state index is 12.6. The second-order valence-electron chi connectivity index (χ2n) is 7.58. The number of rotatable bonds is 8. The number of hydrogen-bond acceptors (Lipinski definition) is 5. The maximum absolute atomic E-state index is 12.6. The zero-order valence-electron chi connectivity index (χ0n) is 17.5. The van der Waals surface area contributed by atoms with Crippen LogP contribution in [0.4, 0.5) is 5.69 Å². The monoisotopic (exact) mass is 432 g/mol. The van der Waals surface area contributed by atoms with Crippen LogP contribution in [0.1, 0.15) is 25.8 Å². The van der Waals surface area contributed by atoms with Crippen LogP contribution >= 0.6 is 0 Å². The molecule has 1 amide bonds. The molecule has 0 unspecified atom stereocenters. The highest BCUT2D eigenvalue weighted by Gasteiger charge is 2.34. The standard InChI is InChI=1S/C22H28N2O5S/c1-16(2)28-18-10-6-8-17(14-18)9-7-13-23-22(25)21-15-24(30(3,26)27)19-11-4-5-12-20(19)29-21/h4-6,8,10-12,14,16,21H,7,9,13,15H2,1-3H3,(H,23,25)/t21-/m0/s1. The second-order valence-corrected chi connectivity index (χ2v) is 9.48. The minimum absolute atomic E-state index is 0.0454. The Morgan fingerprint density at radius 2 is 2.00 bits per heavy atom. The number of aryl methyl sites for hydroxylation is 1. The maximum Gasteiger partial charge on any atom is 0.263 e. The van der Waals surface area contributed by atoms with Gasteiger partial charge >= 0.3 is 0 Å². The van der Waals surface area contributed by atoms with Gasteiger partial charge in [-0.25, -0.2) is 8.42 Å². The number of carbonyl (C=O) groups is 1. The molecule has 2 aromatic carbocycles. The van der Waals surface area contributed by atoms with Gasteiger partial charge < -0.3 is 14.8 Å². The van der Waals surface area contributed by atoms with Gasteiger partial charge in [-0.15, -0.1) is 0 Å². The van der Waals surface area contributed by atoms with Crippen LogP contribution in [0, 0.1) is 0 Å². The Morgan fingerprint density at radius 1 is 1.23 bits per heavy atom. The molecule has 0 aromatic heterocycles. The van der Waals surface area contributed by atoms with Gasteiger partial charge in [-0.2, -0.15) is 0 Å². The van der Waals surface area contributed by atoms with Crippen molar-refractivity contribution in [3.05, 3.63) is 54.1 Å². The van der Waals surface area contributed by atoms with E-state index in [9.17, 15) is 13.2 Å². The molecule has 0 radical (unpaired) electrons. The molecule has 30 heavy (non-hydrogen) atoms. The van der Waals surface area contributed by atoms with Gasteiger partial charge in [0.2, 0.25) is 10.0 Å². The molecule has 0 aliphatic carbocycles. The average Bonchev–Trinajstić information content (AvgIpc) is 2.69. The number of nitrogens with one attached hydrogen (secondary N) is 1. The fourth-order valence-electron chi connectivity index (χ4n) is 3.32. The number of ether oxygens (including phenoxy) is 2. The first-order valence-corrected chi connectivity index (χ1v) is 11.9. The van der Waals surface area contributed by atoms with Crippen molar-refractivity contribution >= 4 is 21.6 Å². The van der Waals surface area contributed by atoms with E-state index < -0.39 is 16.1 Å². The summed E-state index contributed by atoms with van der Waals surface area (Å²) in [5.41, 5.74) is 1.58. The molecule has 1 N–H and O–H groups in total. The molecule has 8 heteroatoms. The van der Waals surface area contributed by atoms with E-state index in [1.54, 1.807) is 24.3 Å². The Labute approximate surface area is 178 Å². The number of amides is 1. The Kier molecular flexibility index (Phi) is 6.87. The number of anilines is 1. The number of nitrogens with zero attached hydrogens (tertiary/aromatic N) is 1. The Morgan fingerprint density at radius 3 is 2.73 bits per heavy atom. The molecule has 2 aromatic rings. The van der Waals surface area contributed by atoms with Crippen molar-refractivity contribution < 1.29 is 22.7 Å². The van der Waals surface area contributed by atoms with E-state index in [2.05, 4.69) is 5.32 Å². The second kappa shape index (κ2) is 9.38. The van der Waals surface area contributed by atoms with Crippen molar-refractivity contribution in [3.8, 4) is 11.5 Å². The smallest absolute Gasteiger partial charge is 0.263 e. The quantitative estimate of drug-likeness (QED) is 0.649. The average molecular weight is 433 g/mol. The number of benzene rings is 2. The number of fused-ring (bicyclic) bond motifs is 1. The van der Waals surface area contributed by atoms with E-state index in [4.69, 9.17) is 9.47 Å². The highest BCUT2D eigenvalue weighted by molar-refractivity contribution is 7.92. The van der Waals surface area contributed by atoms with Gasteiger partial charge in [0.1, 0.15) is 11.5 Å². The van der Waals surface area contributed by atoms with Gasteiger partial charge in [0.25, 0.3) is 5.91 Å². The van der Waals surface area contributed by atoms with Crippen LogP contribution in [-0.2, 0) is 21.2 Å². The van der Waals surface area contributed by atoms with Crippen molar-refractivity contribution in [2.75, 3.05) is 23.7 Å². The summed E-state index contributed by atoms with van der Waals surface area (Å²) in [6, 6.07) is 14.7. The molecule has 1 aliphatic rings. The lowest BCUT2D eigenvalue weighted by Gasteiger charge is -2.33. The molecule has 0 bridgehead atoms.